The van der Waals surface area contributed by atoms with Gasteiger partial charge < -0.3 is 19.1 Å². The molecular formula is C76H72BN3O. The molecule has 0 fully saturated rings. The number of hydrogen-bond acceptors (Lipinski definition) is 4. The van der Waals surface area contributed by atoms with Gasteiger partial charge in [0.2, 0.25) is 0 Å². The van der Waals surface area contributed by atoms with Crippen LogP contribution in [0.5, 0.6) is 0 Å². The summed E-state index contributed by atoms with van der Waals surface area (Å²) in [5, 5.41) is 2.26. The third-order valence-corrected chi connectivity index (χ3v) is 17.1. The molecule has 11 aromatic rings. The van der Waals surface area contributed by atoms with Crippen LogP contribution in [0.15, 0.2) is 223 Å². The van der Waals surface area contributed by atoms with Crippen molar-refractivity contribution in [2.24, 2.45) is 0 Å². The first-order chi connectivity index (χ1) is 38.7. The van der Waals surface area contributed by atoms with E-state index < -0.39 is 0 Å². The topological polar surface area (TPSA) is 22.9 Å². The minimum atomic E-state index is -0.177. The molecule has 0 saturated carbocycles. The van der Waals surface area contributed by atoms with Gasteiger partial charge in [-0.25, -0.2) is 0 Å². The lowest BCUT2D eigenvalue weighted by molar-refractivity contribution is 0.589. The molecule has 10 aromatic carbocycles. The fourth-order valence-corrected chi connectivity index (χ4v) is 12.5. The Morgan fingerprint density at radius 2 is 0.877 bits per heavy atom. The summed E-state index contributed by atoms with van der Waals surface area (Å²) >= 11 is 0. The normalized spacial score (nSPS) is 13.4. The summed E-state index contributed by atoms with van der Waals surface area (Å²) in [6.45, 7) is 27.8. The fourth-order valence-electron chi connectivity index (χ4n) is 12.5. The van der Waals surface area contributed by atoms with Gasteiger partial charge in [0.05, 0.1) is 5.69 Å². The molecule has 0 amide bonds. The summed E-state index contributed by atoms with van der Waals surface area (Å²) < 4.78 is 6.29. The maximum Gasteiger partial charge on any atom is 0.252 e. The van der Waals surface area contributed by atoms with E-state index in [4.69, 9.17) is 4.42 Å². The van der Waals surface area contributed by atoms with Crippen molar-refractivity contribution in [1.29, 1.82) is 0 Å². The predicted octanol–water partition coefficient (Wildman–Crippen LogP) is 19.7. The molecule has 0 saturated heterocycles. The number of furan rings is 1. The van der Waals surface area contributed by atoms with Gasteiger partial charge in [0, 0.05) is 61.8 Å². The van der Waals surface area contributed by atoms with Gasteiger partial charge in [-0.15, -0.1) is 0 Å². The number of anilines is 9. The molecular weight excluding hydrogens is 982 g/mol. The average molecular weight is 1050 g/mol. The second kappa shape index (κ2) is 19.1. The highest BCUT2D eigenvalue weighted by molar-refractivity contribution is 7.00. The Balaban J connectivity index is 1.08. The smallest absolute Gasteiger partial charge is 0.252 e. The van der Waals surface area contributed by atoms with Crippen LogP contribution in [0.2, 0.25) is 0 Å². The summed E-state index contributed by atoms with van der Waals surface area (Å²) in [6, 6.07) is 82.2. The molecule has 13 rings (SSSR count). The Hall–Kier alpha value is -8.54. The lowest BCUT2D eigenvalue weighted by Crippen LogP contribution is -2.61. The molecule has 4 nitrogen and oxygen atoms in total. The van der Waals surface area contributed by atoms with Crippen LogP contribution < -0.4 is 31.1 Å². The SMILES string of the molecule is CC(C)(C)c1ccc(N(c2ccc3c(c2)N(c2ccc(-c4ccc5oc6ccccc6c5c4)cc2)c2cc(C(C)(C)C)cc4c2B3c2cc(C(C)(C)C)ccc2N4c2ccc(C(C)(C)C)cc2)c2ccccc2-c2ccccc2)cc1. The average Bonchev–Trinajstić information content (AvgIpc) is 3.30. The zero-order valence-electron chi connectivity index (χ0n) is 49.1. The largest absolute Gasteiger partial charge is 0.456 e. The molecule has 2 aliphatic heterocycles. The Labute approximate surface area is 480 Å². The second-order valence-corrected chi connectivity index (χ2v) is 26.7. The molecule has 0 N–H and O–H groups in total. The lowest BCUT2D eigenvalue weighted by atomic mass is 9.33. The van der Waals surface area contributed by atoms with Gasteiger partial charge >= 0.3 is 0 Å². The first kappa shape index (κ1) is 51.9. The van der Waals surface area contributed by atoms with E-state index in [9.17, 15) is 0 Å². The van der Waals surface area contributed by atoms with Gasteiger partial charge in [0.25, 0.3) is 6.71 Å². The zero-order valence-corrected chi connectivity index (χ0v) is 49.1. The van der Waals surface area contributed by atoms with Crippen molar-refractivity contribution >= 4 is 96.2 Å². The van der Waals surface area contributed by atoms with E-state index in [1.54, 1.807) is 0 Å². The molecule has 0 atom stereocenters. The molecule has 0 bridgehead atoms. The summed E-state index contributed by atoms with van der Waals surface area (Å²) in [6.07, 6.45) is 0. The number of rotatable bonds is 7. The first-order valence-corrected chi connectivity index (χ1v) is 28.9. The molecule has 1 aromatic heterocycles. The van der Waals surface area contributed by atoms with Crippen LogP contribution in [0, 0.1) is 0 Å². The van der Waals surface area contributed by atoms with Gasteiger partial charge in [0.15, 0.2) is 0 Å². The van der Waals surface area contributed by atoms with E-state index in [0.29, 0.717) is 0 Å². The van der Waals surface area contributed by atoms with Crippen molar-refractivity contribution in [2.45, 2.75) is 105 Å². The standard InChI is InChI=1S/C76H72BN3O/c1-73(2,3)52-29-36-56(37-30-52)78(65-24-18-16-22-60(65)50-20-14-13-15-21-50)59-40-41-63-67(48-59)80(57-34-26-49(27-35-57)51-28-43-71-62(44-51)61-23-17-19-25-70(61)81-71)69-47-55(76(10,11)12)46-68-72(69)77(63)64-45-54(75(7,8)9)33-42-66(64)79(68)58-38-31-53(32-39-58)74(4,5)6/h13-48H,1-12H3. The van der Waals surface area contributed by atoms with Gasteiger partial charge in [-0.1, -0.05) is 210 Å². The van der Waals surface area contributed by atoms with Gasteiger partial charge in [-0.3, -0.25) is 0 Å². The van der Waals surface area contributed by atoms with Crippen molar-refractivity contribution < 1.29 is 4.42 Å². The van der Waals surface area contributed by atoms with E-state index in [1.165, 1.54) is 66.8 Å². The molecule has 400 valence electrons. The van der Waals surface area contributed by atoms with E-state index in [-0.39, 0.29) is 28.4 Å². The van der Waals surface area contributed by atoms with Crippen molar-refractivity contribution in [1.82, 2.24) is 0 Å². The third-order valence-electron chi connectivity index (χ3n) is 17.1. The Morgan fingerprint density at radius 1 is 0.346 bits per heavy atom. The van der Waals surface area contributed by atoms with Gasteiger partial charge in [0.1, 0.15) is 11.2 Å². The number of fused-ring (bicyclic) bond motifs is 7. The lowest BCUT2D eigenvalue weighted by Gasteiger charge is -2.45. The molecule has 0 radical (unpaired) electrons. The summed E-state index contributed by atoms with van der Waals surface area (Å²) in [5.74, 6) is 0. The molecule has 5 heteroatoms. The molecule has 2 aliphatic rings. The van der Waals surface area contributed by atoms with Crippen molar-refractivity contribution in [3.8, 4) is 22.3 Å². The first-order valence-electron chi connectivity index (χ1n) is 28.9. The van der Waals surface area contributed by atoms with Crippen LogP contribution in [-0.4, -0.2) is 6.71 Å². The minimum Gasteiger partial charge on any atom is -0.456 e. The van der Waals surface area contributed by atoms with E-state index in [1.807, 2.05) is 6.07 Å². The fraction of sp³-hybridized carbons (Fsp3) is 0.211. The maximum atomic E-state index is 6.29. The van der Waals surface area contributed by atoms with Crippen LogP contribution in [0.25, 0.3) is 44.2 Å². The summed E-state index contributed by atoms with van der Waals surface area (Å²) in [5.41, 5.74) is 25.7. The monoisotopic (exact) mass is 1050 g/mol. The number of para-hydroxylation sites is 2. The highest BCUT2D eigenvalue weighted by Crippen LogP contribution is 2.50. The quantitative estimate of drug-likeness (QED) is 0.148. The Bertz CT molecular complexity index is 4200. The molecule has 0 aliphatic carbocycles. The Kier molecular flexibility index (Phi) is 12.2. The Morgan fingerprint density at radius 3 is 1.53 bits per heavy atom. The van der Waals surface area contributed by atoms with E-state index in [0.717, 1.165) is 67.2 Å². The summed E-state index contributed by atoms with van der Waals surface area (Å²) in [7, 11) is 0. The van der Waals surface area contributed by atoms with Crippen LogP contribution in [-0.2, 0) is 21.7 Å². The van der Waals surface area contributed by atoms with Gasteiger partial charge in [-0.2, -0.15) is 0 Å². The van der Waals surface area contributed by atoms with Crippen LogP contribution >= 0.6 is 0 Å². The number of nitrogens with zero attached hydrogens (tertiary/aromatic N) is 3. The minimum absolute atomic E-state index is 0.000306. The van der Waals surface area contributed by atoms with Crippen LogP contribution in [0.1, 0.15) is 105 Å². The van der Waals surface area contributed by atoms with E-state index in [2.05, 4.69) is 310 Å². The molecule has 0 unspecified atom stereocenters. The summed E-state index contributed by atoms with van der Waals surface area (Å²) in [4.78, 5) is 7.64. The number of benzene rings is 10. The van der Waals surface area contributed by atoms with E-state index >= 15 is 0 Å². The second-order valence-electron chi connectivity index (χ2n) is 26.7. The van der Waals surface area contributed by atoms with Crippen molar-refractivity contribution in [3.05, 3.63) is 241 Å². The third kappa shape index (κ3) is 9.12. The molecule has 0 spiro atoms. The predicted molar refractivity (Wildman–Crippen MR) is 348 cm³/mol. The maximum absolute atomic E-state index is 6.29. The molecule has 3 heterocycles. The van der Waals surface area contributed by atoms with Crippen molar-refractivity contribution in [2.75, 3.05) is 14.7 Å². The zero-order chi connectivity index (χ0) is 56.3. The van der Waals surface area contributed by atoms with Crippen molar-refractivity contribution in [3.63, 3.8) is 0 Å². The highest BCUT2D eigenvalue weighted by Gasteiger charge is 2.45. The van der Waals surface area contributed by atoms with Crippen LogP contribution in [0.3, 0.4) is 0 Å². The van der Waals surface area contributed by atoms with Gasteiger partial charge in [-0.05, 0) is 168 Å². The van der Waals surface area contributed by atoms with Crippen LogP contribution in [0.4, 0.5) is 51.2 Å². The number of hydrogen-bond donors (Lipinski definition) is 0. The molecule has 81 heavy (non-hydrogen) atoms. The highest BCUT2D eigenvalue weighted by atomic mass is 16.3.